The Hall–Kier alpha value is -2.34. The van der Waals surface area contributed by atoms with E-state index in [1.807, 2.05) is 0 Å². The number of amides is 1. The van der Waals surface area contributed by atoms with Gasteiger partial charge >= 0.3 is 0 Å². The minimum absolute atomic E-state index is 0.172. The van der Waals surface area contributed by atoms with Crippen molar-refractivity contribution in [2.75, 3.05) is 13.1 Å². The van der Waals surface area contributed by atoms with Gasteiger partial charge in [0.2, 0.25) is 26.0 Å². The van der Waals surface area contributed by atoms with Crippen LogP contribution >= 0.6 is 0 Å². The molecule has 1 fully saturated rings. The Balaban J connectivity index is 1.65. The van der Waals surface area contributed by atoms with Crippen LogP contribution in [0.4, 0.5) is 4.39 Å². The van der Waals surface area contributed by atoms with E-state index in [0.717, 1.165) is 12.1 Å². The van der Waals surface area contributed by atoms with Crippen molar-refractivity contribution in [2.45, 2.75) is 48.6 Å². The molecule has 0 aliphatic carbocycles. The number of hydrogen-bond donors (Lipinski definition) is 2. The zero-order chi connectivity index (χ0) is 24.2. The molecule has 180 valence electrons. The summed E-state index contributed by atoms with van der Waals surface area (Å²) in [6.45, 7) is 3.94. The summed E-state index contributed by atoms with van der Waals surface area (Å²) in [5.41, 5.74) is 0. The van der Waals surface area contributed by atoms with Gasteiger partial charge < -0.3 is 4.90 Å². The summed E-state index contributed by atoms with van der Waals surface area (Å²) in [6, 6.07) is 11.6. The summed E-state index contributed by atoms with van der Waals surface area (Å²) in [7, 11) is -7.92. The van der Waals surface area contributed by atoms with Crippen LogP contribution in [0.25, 0.3) is 0 Å². The third-order valence-electron chi connectivity index (χ3n) is 5.52. The lowest BCUT2D eigenvalue weighted by Gasteiger charge is -2.35. The number of benzene rings is 2. The molecule has 8 nitrogen and oxygen atoms in total. The fourth-order valence-corrected chi connectivity index (χ4v) is 6.41. The summed E-state index contributed by atoms with van der Waals surface area (Å²) in [4.78, 5) is 14.3. The van der Waals surface area contributed by atoms with Crippen LogP contribution in [0.3, 0.4) is 0 Å². The lowest BCUT2D eigenvalue weighted by Crippen LogP contribution is -2.54. The maximum absolute atomic E-state index is 14.0. The first kappa shape index (κ1) is 25.3. The van der Waals surface area contributed by atoms with Gasteiger partial charge in [-0.25, -0.2) is 25.9 Å². The summed E-state index contributed by atoms with van der Waals surface area (Å²) in [5.74, 6) is -1.70. The van der Waals surface area contributed by atoms with Crippen molar-refractivity contribution in [2.24, 2.45) is 5.92 Å². The molecule has 0 saturated carbocycles. The van der Waals surface area contributed by atoms with E-state index in [0.29, 0.717) is 12.8 Å². The van der Waals surface area contributed by atoms with Crippen molar-refractivity contribution in [3.63, 3.8) is 0 Å². The molecule has 33 heavy (non-hydrogen) atoms. The van der Waals surface area contributed by atoms with Gasteiger partial charge in [0.1, 0.15) is 16.8 Å². The second-order valence-electron chi connectivity index (χ2n) is 8.31. The zero-order valence-electron chi connectivity index (χ0n) is 18.4. The van der Waals surface area contributed by atoms with Crippen molar-refractivity contribution in [3.8, 4) is 0 Å². The van der Waals surface area contributed by atoms with E-state index in [9.17, 15) is 26.0 Å². The van der Waals surface area contributed by atoms with Crippen LogP contribution in [0.2, 0.25) is 0 Å². The highest BCUT2D eigenvalue weighted by molar-refractivity contribution is 7.89. The Morgan fingerprint density at radius 1 is 0.939 bits per heavy atom. The fraction of sp³-hybridized carbons (Fsp3) is 0.409. The molecule has 2 N–H and O–H groups in total. The summed E-state index contributed by atoms with van der Waals surface area (Å²) in [6.07, 6.45) is 0.783. The van der Waals surface area contributed by atoms with E-state index in [-0.39, 0.29) is 29.9 Å². The molecule has 1 amide bonds. The van der Waals surface area contributed by atoms with Crippen molar-refractivity contribution in [1.29, 1.82) is 0 Å². The topological polar surface area (TPSA) is 113 Å². The maximum Gasteiger partial charge on any atom is 0.244 e. The number of nitrogens with zero attached hydrogens (tertiary/aromatic N) is 1. The molecule has 1 aliphatic rings. The summed E-state index contributed by atoms with van der Waals surface area (Å²) < 4.78 is 69.5. The zero-order valence-corrected chi connectivity index (χ0v) is 20.1. The van der Waals surface area contributed by atoms with Gasteiger partial charge in [-0.1, -0.05) is 44.2 Å². The Labute approximate surface area is 194 Å². The van der Waals surface area contributed by atoms with Gasteiger partial charge in [0.05, 0.1) is 4.90 Å². The van der Waals surface area contributed by atoms with E-state index >= 15 is 0 Å². The molecule has 1 atom stereocenters. The highest BCUT2D eigenvalue weighted by Crippen LogP contribution is 2.19. The standard InChI is InChI=1S/C22H28FN3O5S2/c1-16(2)21(25-33(30,31)20-11-7-6-10-19(20)23)22(27)26-14-12-17(13-15-26)24-32(28,29)18-8-4-3-5-9-18/h3-11,16-17,21,24-25H,12-15H2,1-2H3/t21-/m0/s1. The summed E-state index contributed by atoms with van der Waals surface area (Å²) in [5, 5.41) is 0. The van der Waals surface area contributed by atoms with E-state index in [4.69, 9.17) is 0 Å². The number of carbonyl (C=O) groups is 1. The number of hydrogen-bond acceptors (Lipinski definition) is 5. The quantitative estimate of drug-likeness (QED) is 0.580. The average Bonchev–Trinajstić information content (AvgIpc) is 2.78. The number of rotatable bonds is 8. The molecule has 1 aliphatic heterocycles. The Morgan fingerprint density at radius 2 is 1.52 bits per heavy atom. The smallest absolute Gasteiger partial charge is 0.244 e. The molecule has 0 bridgehead atoms. The first-order chi connectivity index (χ1) is 15.5. The third-order valence-corrected chi connectivity index (χ3v) is 8.53. The van der Waals surface area contributed by atoms with Crippen molar-refractivity contribution in [3.05, 3.63) is 60.4 Å². The van der Waals surface area contributed by atoms with E-state index < -0.39 is 42.7 Å². The van der Waals surface area contributed by atoms with E-state index in [1.54, 1.807) is 32.0 Å². The lowest BCUT2D eigenvalue weighted by atomic mass is 10.0. The van der Waals surface area contributed by atoms with Crippen LogP contribution in [0.5, 0.6) is 0 Å². The monoisotopic (exact) mass is 497 g/mol. The Morgan fingerprint density at radius 3 is 2.09 bits per heavy atom. The third kappa shape index (κ3) is 6.17. The van der Waals surface area contributed by atoms with Gasteiger partial charge in [0.15, 0.2) is 0 Å². The predicted octanol–water partition coefficient (Wildman–Crippen LogP) is 2.10. The Bertz CT molecular complexity index is 1180. The van der Waals surface area contributed by atoms with Gasteiger partial charge in [-0.15, -0.1) is 0 Å². The molecule has 0 spiro atoms. The Kier molecular flexibility index (Phi) is 7.88. The number of piperidine rings is 1. The van der Waals surface area contributed by atoms with Crippen LogP contribution in [0.1, 0.15) is 26.7 Å². The van der Waals surface area contributed by atoms with Crippen molar-refractivity contribution in [1.82, 2.24) is 14.3 Å². The number of nitrogens with one attached hydrogen (secondary N) is 2. The SMILES string of the molecule is CC(C)[C@H](NS(=O)(=O)c1ccccc1F)C(=O)N1CCC(NS(=O)(=O)c2ccccc2)CC1. The second kappa shape index (κ2) is 10.3. The molecule has 0 radical (unpaired) electrons. The predicted molar refractivity (Wildman–Crippen MR) is 122 cm³/mol. The van der Waals surface area contributed by atoms with Crippen molar-refractivity contribution < 1.29 is 26.0 Å². The van der Waals surface area contributed by atoms with Gasteiger partial charge in [-0.3, -0.25) is 4.79 Å². The molecule has 2 aromatic carbocycles. The van der Waals surface area contributed by atoms with Gasteiger partial charge in [0, 0.05) is 19.1 Å². The van der Waals surface area contributed by atoms with E-state index in [2.05, 4.69) is 9.44 Å². The lowest BCUT2D eigenvalue weighted by molar-refractivity contribution is -0.135. The average molecular weight is 498 g/mol. The van der Waals surface area contributed by atoms with Crippen LogP contribution in [-0.4, -0.2) is 52.8 Å². The van der Waals surface area contributed by atoms with Crippen LogP contribution in [0.15, 0.2) is 64.4 Å². The number of sulfonamides is 2. The summed E-state index contributed by atoms with van der Waals surface area (Å²) >= 11 is 0. The molecule has 1 saturated heterocycles. The van der Waals surface area contributed by atoms with Gasteiger partial charge in [0.25, 0.3) is 0 Å². The molecule has 2 aromatic rings. The van der Waals surface area contributed by atoms with Gasteiger partial charge in [-0.2, -0.15) is 4.72 Å². The minimum Gasteiger partial charge on any atom is -0.341 e. The van der Waals surface area contributed by atoms with E-state index in [1.165, 1.54) is 29.2 Å². The number of likely N-dealkylation sites (tertiary alicyclic amines) is 1. The molecule has 1 heterocycles. The second-order valence-corrected chi connectivity index (χ2v) is 11.7. The van der Waals surface area contributed by atoms with Crippen LogP contribution in [0, 0.1) is 11.7 Å². The largest absolute Gasteiger partial charge is 0.341 e. The fourth-order valence-electron chi connectivity index (χ4n) is 3.67. The highest BCUT2D eigenvalue weighted by Gasteiger charge is 2.35. The van der Waals surface area contributed by atoms with Crippen LogP contribution < -0.4 is 9.44 Å². The van der Waals surface area contributed by atoms with Gasteiger partial charge in [-0.05, 0) is 43.0 Å². The highest BCUT2D eigenvalue weighted by atomic mass is 32.2. The molecule has 0 unspecified atom stereocenters. The molecular weight excluding hydrogens is 469 g/mol. The molecule has 0 aromatic heterocycles. The minimum atomic E-state index is -4.25. The molecule has 11 heteroatoms. The maximum atomic E-state index is 14.0. The van der Waals surface area contributed by atoms with Crippen molar-refractivity contribution >= 4 is 26.0 Å². The molecular formula is C22H28FN3O5S2. The first-order valence-electron chi connectivity index (χ1n) is 10.6. The molecule has 3 rings (SSSR count). The normalized spacial score (nSPS) is 16.7. The number of halogens is 1. The van der Waals surface area contributed by atoms with Crippen LogP contribution in [-0.2, 0) is 24.8 Å². The number of carbonyl (C=O) groups excluding carboxylic acids is 1. The first-order valence-corrected chi connectivity index (χ1v) is 13.6.